The quantitative estimate of drug-likeness (QED) is 0.631. The van der Waals surface area contributed by atoms with Crippen LogP contribution in [0.2, 0.25) is 0 Å². The fourth-order valence-electron chi connectivity index (χ4n) is 3.55. The van der Waals surface area contributed by atoms with Crippen LogP contribution in [0.4, 0.5) is 5.69 Å². The van der Waals surface area contributed by atoms with Gasteiger partial charge in [-0.25, -0.2) is 0 Å². The molecule has 1 aliphatic carbocycles. The molecule has 0 radical (unpaired) electrons. The number of anilines is 1. The Morgan fingerprint density at radius 3 is 2.36 bits per heavy atom. The monoisotopic (exact) mass is 381 g/mol. The lowest BCUT2D eigenvalue weighted by molar-refractivity contribution is -0.142. The van der Waals surface area contributed by atoms with Crippen LogP contribution in [0, 0.1) is 19.8 Å². The molecule has 0 saturated heterocycles. The molecule has 1 amide bonds. The van der Waals surface area contributed by atoms with Gasteiger partial charge in [-0.15, -0.1) is 0 Å². The minimum atomic E-state index is -0.750. The maximum Gasteiger partial charge on any atom is 0.256 e. The summed E-state index contributed by atoms with van der Waals surface area (Å²) in [4.78, 5) is 13.0. The molecule has 0 aromatic heterocycles. The number of ether oxygens (including phenoxy) is 2. The van der Waals surface area contributed by atoms with Crippen molar-refractivity contribution in [3.05, 3.63) is 59.2 Å². The van der Waals surface area contributed by atoms with Crippen molar-refractivity contribution < 1.29 is 14.3 Å². The van der Waals surface area contributed by atoms with E-state index in [9.17, 15) is 4.79 Å². The van der Waals surface area contributed by atoms with E-state index in [1.807, 2.05) is 63.2 Å². The molecule has 28 heavy (non-hydrogen) atoms. The fourth-order valence-corrected chi connectivity index (χ4v) is 3.55. The first kappa shape index (κ1) is 20.4. The van der Waals surface area contributed by atoms with Gasteiger partial charge in [-0.05, 0) is 74.8 Å². The van der Waals surface area contributed by atoms with Gasteiger partial charge < -0.3 is 14.8 Å². The first-order chi connectivity index (χ1) is 13.4. The van der Waals surface area contributed by atoms with Gasteiger partial charge in [0, 0.05) is 12.3 Å². The molecule has 4 nitrogen and oxygen atoms in total. The number of benzene rings is 2. The average Bonchev–Trinajstić information content (AvgIpc) is 3.52. The standard InChI is InChI=1S/C24H31NO3/c1-5-13-28-24(4,20-11-12-20)23(26)25-21-14-17(2)22(18(3)15-21)27-16-19-9-7-6-8-10-19/h6-10,14-15,20H,5,11-13,16H2,1-4H3,(H,25,26)/t24-/m1/s1. The van der Waals surface area contributed by atoms with Crippen LogP contribution in [-0.2, 0) is 16.1 Å². The highest BCUT2D eigenvalue weighted by molar-refractivity contribution is 5.97. The largest absolute Gasteiger partial charge is 0.488 e. The molecule has 150 valence electrons. The van der Waals surface area contributed by atoms with Gasteiger partial charge in [0.2, 0.25) is 0 Å². The lowest BCUT2D eigenvalue weighted by Gasteiger charge is -2.29. The van der Waals surface area contributed by atoms with Gasteiger partial charge >= 0.3 is 0 Å². The van der Waals surface area contributed by atoms with E-state index >= 15 is 0 Å². The summed E-state index contributed by atoms with van der Waals surface area (Å²) in [5.74, 6) is 1.13. The SMILES string of the molecule is CCCO[C@@](C)(C(=O)Nc1cc(C)c(OCc2ccccc2)c(C)c1)C1CC1. The third-order valence-electron chi connectivity index (χ3n) is 5.36. The highest BCUT2D eigenvalue weighted by atomic mass is 16.5. The molecule has 0 spiro atoms. The van der Waals surface area contributed by atoms with Crippen LogP contribution >= 0.6 is 0 Å². The maximum absolute atomic E-state index is 13.0. The Balaban J connectivity index is 1.70. The van der Waals surface area contributed by atoms with E-state index in [1.54, 1.807) is 0 Å². The average molecular weight is 382 g/mol. The smallest absolute Gasteiger partial charge is 0.256 e. The number of carbonyl (C=O) groups is 1. The predicted molar refractivity (Wildman–Crippen MR) is 113 cm³/mol. The molecule has 0 heterocycles. The summed E-state index contributed by atoms with van der Waals surface area (Å²) in [6, 6.07) is 14.1. The van der Waals surface area contributed by atoms with E-state index in [0.717, 1.165) is 47.4 Å². The molecule has 3 rings (SSSR count). The summed E-state index contributed by atoms with van der Waals surface area (Å²) in [6.07, 6.45) is 3.01. The molecular weight excluding hydrogens is 350 g/mol. The fraction of sp³-hybridized carbons (Fsp3) is 0.458. The van der Waals surface area contributed by atoms with Crippen molar-refractivity contribution in [3.8, 4) is 5.75 Å². The van der Waals surface area contributed by atoms with E-state index in [-0.39, 0.29) is 5.91 Å². The molecule has 1 N–H and O–H groups in total. The third-order valence-corrected chi connectivity index (χ3v) is 5.36. The van der Waals surface area contributed by atoms with E-state index in [4.69, 9.17) is 9.47 Å². The zero-order valence-corrected chi connectivity index (χ0v) is 17.4. The summed E-state index contributed by atoms with van der Waals surface area (Å²) < 4.78 is 12.0. The second-order valence-corrected chi connectivity index (χ2v) is 7.90. The van der Waals surface area contributed by atoms with E-state index in [0.29, 0.717) is 19.1 Å². The number of rotatable bonds is 9. The van der Waals surface area contributed by atoms with Crippen LogP contribution in [0.5, 0.6) is 5.75 Å². The molecule has 1 aliphatic rings. The number of nitrogens with one attached hydrogen (secondary N) is 1. The van der Waals surface area contributed by atoms with Gasteiger partial charge in [0.1, 0.15) is 18.0 Å². The van der Waals surface area contributed by atoms with Gasteiger partial charge in [0.25, 0.3) is 5.91 Å². The van der Waals surface area contributed by atoms with Crippen LogP contribution in [-0.4, -0.2) is 18.1 Å². The molecule has 2 aromatic carbocycles. The minimum Gasteiger partial charge on any atom is -0.488 e. The zero-order valence-electron chi connectivity index (χ0n) is 17.4. The Kier molecular flexibility index (Phi) is 6.40. The molecule has 1 atom stereocenters. The van der Waals surface area contributed by atoms with Gasteiger partial charge in [-0.1, -0.05) is 37.3 Å². The summed E-state index contributed by atoms with van der Waals surface area (Å²) in [7, 11) is 0. The summed E-state index contributed by atoms with van der Waals surface area (Å²) >= 11 is 0. The molecule has 2 aromatic rings. The van der Waals surface area contributed by atoms with E-state index < -0.39 is 5.60 Å². The zero-order chi connectivity index (χ0) is 20.1. The van der Waals surface area contributed by atoms with Crippen molar-refractivity contribution in [1.82, 2.24) is 0 Å². The van der Waals surface area contributed by atoms with Gasteiger partial charge in [0.05, 0.1) is 0 Å². The highest BCUT2D eigenvalue weighted by Gasteiger charge is 2.48. The molecule has 0 aliphatic heterocycles. The molecule has 1 saturated carbocycles. The normalized spacial score (nSPS) is 15.7. The van der Waals surface area contributed by atoms with Crippen molar-refractivity contribution in [2.75, 3.05) is 11.9 Å². The van der Waals surface area contributed by atoms with Crippen LogP contribution < -0.4 is 10.1 Å². The first-order valence-corrected chi connectivity index (χ1v) is 10.2. The van der Waals surface area contributed by atoms with Gasteiger partial charge in [0.15, 0.2) is 0 Å². The van der Waals surface area contributed by atoms with Crippen LogP contribution in [0.15, 0.2) is 42.5 Å². The predicted octanol–water partition coefficient (Wildman–Crippen LogP) is 5.42. The lowest BCUT2D eigenvalue weighted by atomic mass is 9.98. The molecule has 1 fully saturated rings. The van der Waals surface area contributed by atoms with Gasteiger partial charge in [-0.3, -0.25) is 4.79 Å². The van der Waals surface area contributed by atoms with Crippen molar-refractivity contribution in [3.63, 3.8) is 0 Å². The maximum atomic E-state index is 13.0. The lowest BCUT2D eigenvalue weighted by Crippen LogP contribution is -2.45. The molecular formula is C24H31NO3. The minimum absolute atomic E-state index is 0.0554. The Morgan fingerprint density at radius 2 is 1.79 bits per heavy atom. The molecule has 4 heteroatoms. The number of carbonyl (C=O) groups excluding carboxylic acids is 1. The number of hydrogen-bond donors (Lipinski definition) is 1. The summed E-state index contributed by atoms with van der Waals surface area (Å²) in [5, 5.41) is 3.08. The van der Waals surface area contributed by atoms with Crippen LogP contribution in [0.25, 0.3) is 0 Å². The van der Waals surface area contributed by atoms with Crippen LogP contribution in [0.1, 0.15) is 49.8 Å². The molecule has 0 unspecified atom stereocenters. The summed E-state index contributed by atoms with van der Waals surface area (Å²) in [6.45, 7) is 9.13. The molecule has 0 bridgehead atoms. The highest BCUT2D eigenvalue weighted by Crippen LogP contribution is 2.42. The number of amides is 1. The van der Waals surface area contributed by atoms with Crippen molar-refractivity contribution >= 4 is 11.6 Å². The second-order valence-electron chi connectivity index (χ2n) is 7.90. The third kappa shape index (κ3) is 4.74. The van der Waals surface area contributed by atoms with Crippen molar-refractivity contribution in [2.45, 2.75) is 59.2 Å². The van der Waals surface area contributed by atoms with Crippen molar-refractivity contribution in [1.29, 1.82) is 0 Å². The summed E-state index contributed by atoms with van der Waals surface area (Å²) in [5.41, 5.74) is 3.19. The topological polar surface area (TPSA) is 47.6 Å². The number of hydrogen-bond acceptors (Lipinski definition) is 3. The van der Waals surface area contributed by atoms with Crippen LogP contribution in [0.3, 0.4) is 0 Å². The Hall–Kier alpha value is -2.33. The Morgan fingerprint density at radius 1 is 1.14 bits per heavy atom. The first-order valence-electron chi connectivity index (χ1n) is 10.2. The van der Waals surface area contributed by atoms with Crippen molar-refractivity contribution in [2.24, 2.45) is 5.92 Å². The van der Waals surface area contributed by atoms with E-state index in [2.05, 4.69) is 12.2 Å². The Labute approximate surface area is 168 Å². The number of aryl methyl sites for hydroxylation is 2. The van der Waals surface area contributed by atoms with Gasteiger partial charge in [-0.2, -0.15) is 0 Å². The second kappa shape index (κ2) is 8.78. The van der Waals surface area contributed by atoms with E-state index in [1.165, 1.54) is 0 Å². The Bertz CT molecular complexity index is 791.